The average molecular weight is 300 g/mol. The van der Waals surface area contributed by atoms with Gasteiger partial charge in [0.25, 0.3) is 0 Å². The van der Waals surface area contributed by atoms with Gasteiger partial charge in [0.1, 0.15) is 5.82 Å². The predicted molar refractivity (Wildman–Crippen MR) is 85.7 cm³/mol. The first kappa shape index (κ1) is 16.2. The van der Waals surface area contributed by atoms with Gasteiger partial charge in [-0.25, -0.2) is 4.39 Å². The molecular weight excluding hydrogens is 279 g/mol. The highest BCUT2D eigenvalue weighted by Gasteiger charge is 2.14. The van der Waals surface area contributed by atoms with Crippen LogP contribution in [0, 0.1) is 5.82 Å². The van der Waals surface area contributed by atoms with Crippen molar-refractivity contribution in [2.45, 2.75) is 31.8 Å². The van der Waals surface area contributed by atoms with Gasteiger partial charge in [0.05, 0.1) is 6.04 Å². The number of rotatable bonds is 6. The molecular formula is C18H21FN2O. The Morgan fingerprint density at radius 2 is 1.77 bits per heavy atom. The van der Waals surface area contributed by atoms with E-state index in [1.807, 2.05) is 37.3 Å². The van der Waals surface area contributed by atoms with Gasteiger partial charge < -0.3 is 11.1 Å². The molecule has 2 aromatic rings. The van der Waals surface area contributed by atoms with Gasteiger partial charge in [-0.05, 0) is 30.5 Å². The van der Waals surface area contributed by atoms with Crippen LogP contribution in [0.2, 0.25) is 0 Å². The summed E-state index contributed by atoms with van der Waals surface area (Å²) in [5, 5.41) is 2.91. The molecule has 0 unspecified atom stereocenters. The van der Waals surface area contributed by atoms with E-state index in [-0.39, 0.29) is 24.2 Å². The number of nitrogens with one attached hydrogen (secondary N) is 1. The smallest absolute Gasteiger partial charge is 0.222 e. The molecule has 3 N–H and O–H groups in total. The fourth-order valence-electron chi connectivity index (χ4n) is 2.38. The third-order valence-electron chi connectivity index (χ3n) is 3.56. The van der Waals surface area contributed by atoms with Gasteiger partial charge >= 0.3 is 0 Å². The van der Waals surface area contributed by atoms with Crippen molar-refractivity contribution in [3.63, 3.8) is 0 Å². The Balaban J connectivity index is 1.85. The van der Waals surface area contributed by atoms with Crippen LogP contribution in [0.15, 0.2) is 54.6 Å². The van der Waals surface area contributed by atoms with E-state index in [9.17, 15) is 9.18 Å². The molecule has 0 aliphatic rings. The first-order chi connectivity index (χ1) is 10.6. The van der Waals surface area contributed by atoms with E-state index in [1.54, 1.807) is 18.2 Å². The first-order valence-corrected chi connectivity index (χ1v) is 7.39. The lowest BCUT2D eigenvalue weighted by atomic mass is 10.0. The lowest BCUT2D eigenvalue weighted by Gasteiger charge is -2.17. The standard InChI is InChI=1S/C18H21FN2O/c1-13(14-7-3-2-4-8-14)21-18(22)12-16(20)11-15-9-5-6-10-17(15)19/h2-10,13,16H,11-12,20H2,1H3,(H,21,22)/t13-,16+/m0/s1. The van der Waals surface area contributed by atoms with Crippen molar-refractivity contribution < 1.29 is 9.18 Å². The monoisotopic (exact) mass is 300 g/mol. The van der Waals surface area contributed by atoms with Gasteiger partial charge in [-0.2, -0.15) is 0 Å². The molecule has 2 rings (SSSR count). The number of carbonyl (C=O) groups is 1. The molecule has 0 fully saturated rings. The second-order valence-electron chi connectivity index (χ2n) is 5.46. The van der Waals surface area contributed by atoms with Crippen molar-refractivity contribution in [2.24, 2.45) is 5.73 Å². The molecule has 0 heterocycles. The maximum Gasteiger partial charge on any atom is 0.222 e. The summed E-state index contributed by atoms with van der Waals surface area (Å²) in [6, 6.07) is 15.7. The van der Waals surface area contributed by atoms with Crippen LogP contribution in [-0.2, 0) is 11.2 Å². The van der Waals surface area contributed by atoms with Gasteiger partial charge in [0.2, 0.25) is 5.91 Å². The molecule has 2 aromatic carbocycles. The molecule has 0 spiro atoms. The molecule has 4 heteroatoms. The zero-order chi connectivity index (χ0) is 15.9. The Morgan fingerprint density at radius 3 is 2.45 bits per heavy atom. The largest absolute Gasteiger partial charge is 0.350 e. The summed E-state index contributed by atoms with van der Waals surface area (Å²) in [5.41, 5.74) is 7.54. The maximum absolute atomic E-state index is 13.6. The molecule has 0 aromatic heterocycles. The van der Waals surface area contributed by atoms with Gasteiger partial charge in [0, 0.05) is 12.5 Å². The zero-order valence-electron chi connectivity index (χ0n) is 12.6. The topological polar surface area (TPSA) is 55.1 Å². The fraction of sp³-hybridized carbons (Fsp3) is 0.278. The molecule has 1 amide bonds. The molecule has 0 bridgehead atoms. The first-order valence-electron chi connectivity index (χ1n) is 7.39. The van der Waals surface area contributed by atoms with E-state index >= 15 is 0 Å². The number of halogens is 1. The zero-order valence-corrected chi connectivity index (χ0v) is 12.6. The van der Waals surface area contributed by atoms with Crippen LogP contribution >= 0.6 is 0 Å². The molecule has 116 valence electrons. The van der Waals surface area contributed by atoms with Crippen LogP contribution in [0.3, 0.4) is 0 Å². The normalized spacial score (nSPS) is 13.4. The number of hydrogen-bond donors (Lipinski definition) is 2. The second kappa shape index (κ2) is 7.71. The van der Waals surface area contributed by atoms with Crippen molar-refractivity contribution in [3.05, 3.63) is 71.5 Å². The Labute approximate surface area is 130 Å². The minimum absolute atomic E-state index is 0.0747. The molecule has 0 aliphatic heterocycles. The number of carbonyl (C=O) groups excluding carboxylic acids is 1. The Morgan fingerprint density at radius 1 is 1.14 bits per heavy atom. The Kier molecular flexibility index (Phi) is 5.67. The lowest BCUT2D eigenvalue weighted by molar-refractivity contribution is -0.122. The third-order valence-corrected chi connectivity index (χ3v) is 3.56. The van der Waals surface area contributed by atoms with E-state index in [4.69, 9.17) is 5.73 Å². The van der Waals surface area contributed by atoms with Crippen LogP contribution in [-0.4, -0.2) is 11.9 Å². The minimum Gasteiger partial charge on any atom is -0.350 e. The van der Waals surface area contributed by atoms with Gasteiger partial charge in [0.15, 0.2) is 0 Å². The summed E-state index contributed by atoms with van der Waals surface area (Å²) in [5.74, 6) is -0.406. The van der Waals surface area contributed by atoms with E-state index in [2.05, 4.69) is 5.32 Å². The molecule has 2 atom stereocenters. The fourth-order valence-corrected chi connectivity index (χ4v) is 2.38. The quantitative estimate of drug-likeness (QED) is 0.861. The predicted octanol–water partition coefficient (Wildman–Crippen LogP) is 2.96. The Bertz CT molecular complexity index is 615. The summed E-state index contributed by atoms with van der Waals surface area (Å²) < 4.78 is 13.6. The summed E-state index contributed by atoms with van der Waals surface area (Å²) in [7, 11) is 0. The van der Waals surface area contributed by atoms with Gasteiger partial charge in [-0.3, -0.25) is 4.79 Å². The highest BCUT2D eigenvalue weighted by Crippen LogP contribution is 2.13. The van der Waals surface area contributed by atoms with Crippen LogP contribution in [0.5, 0.6) is 0 Å². The third kappa shape index (κ3) is 4.67. The summed E-state index contributed by atoms with van der Waals surface area (Å²) in [6.45, 7) is 1.93. The van der Waals surface area contributed by atoms with Crippen molar-refractivity contribution in [1.29, 1.82) is 0 Å². The maximum atomic E-state index is 13.6. The SMILES string of the molecule is C[C@H](NC(=O)C[C@H](N)Cc1ccccc1F)c1ccccc1. The van der Waals surface area contributed by atoms with Crippen LogP contribution in [0.1, 0.15) is 30.5 Å². The van der Waals surface area contributed by atoms with Crippen molar-refractivity contribution in [3.8, 4) is 0 Å². The molecule has 0 aliphatic carbocycles. The van der Waals surface area contributed by atoms with Crippen LogP contribution < -0.4 is 11.1 Å². The molecule has 22 heavy (non-hydrogen) atoms. The number of benzene rings is 2. The molecule has 0 radical (unpaired) electrons. The molecule has 3 nitrogen and oxygen atoms in total. The number of hydrogen-bond acceptors (Lipinski definition) is 2. The summed E-state index contributed by atoms with van der Waals surface area (Å²) in [6.07, 6.45) is 0.519. The van der Waals surface area contributed by atoms with E-state index in [1.165, 1.54) is 6.07 Å². The number of nitrogens with two attached hydrogens (primary N) is 1. The van der Waals surface area contributed by atoms with Crippen LogP contribution in [0.25, 0.3) is 0 Å². The highest BCUT2D eigenvalue weighted by molar-refractivity contribution is 5.77. The summed E-state index contributed by atoms with van der Waals surface area (Å²) in [4.78, 5) is 12.0. The lowest BCUT2D eigenvalue weighted by Crippen LogP contribution is -2.34. The van der Waals surface area contributed by atoms with Crippen molar-refractivity contribution in [2.75, 3.05) is 0 Å². The molecule has 0 saturated heterocycles. The average Bonchev–Trinajstić information content (AvgIpc) is 2.50. The minimum atomic E-state index is -0.403. The van der Waals surface area contributed by atoms with E-state index in [0.717, 1.165) is 5.56 Å². The van der Waals surface area contributed by atoms with E-state index in [0.29, 0.717) is 12.0 Å². The van der Waals surface area contributed by atoms with Crippen molar-refractivity contribution >= 4 is 5.91 Å². The highest BCUT2D eigenvalue weighted by atomic mass is 19.1. The summed E-state index contributed by atoms with van der Waals surface area (Å²) >= 11 is 0. The van der Waals surface area contributed by atoms with E-state index < -0.39 is 6.04 Å². The second-order valence-corrected chi connectivity index (χ2v) is 5.46. The number of amides is 1. The Hall–Kier alpha value is -2.20. The van der Waals surface area contributed by atoms with Crippen LogP contribution in [0.4, 0.5) is 4.39 Å². The van der Waals surface area contributed by atoms with Gasteiger partial charge in [-0.1, -0.05) is 48.5 Å². The van der Waals surface area contributed by atoms with Gasteiger partial charge in [-0.15, -0.1) is 0 Å². The van der Waals surface area contributed by atoms with Crippen molar-refractivity contribution in [1.82, 2.24) is 5.32 Å². The molecule has 0 saturated carbocycles.